The maximum Gasteiger partial charge on any atom is 0.332 e. The number of hydrogen-bond donors (Lipinski definition) is 2. The minimum atomic E-state index is -1.17. The second-order valence-corrected chi connectivity index (χ2v) is 3.26. The van der Waals surface area contributed by atoms with Crippen molar-refractivity contribution in [2.75, 3.05) is 6.61 Å². The van der Waals surface area contributed by atoms with Crippen molar-refractivity contribution in [2.24, 2.45) is 0 Å². The van der Waals surface area contributed by atoms with E-state index in [-0.39, 0.29) is 5.76 Å². The number of benzene rings is 1. The Morgan fingerprint density at radius 1 is 1.35 bits per heavy atom. The third-order valence-electron chi connectivity index (χ3n) is 2.01. The lowest BCUT2D eigenvalue weighted by Crippen LogP contribution is -2.26. The fraction of sp³-hybridized carbons (Fsp3) is 0.0909. The highest BCUT2D eigenvalue weighted by Gasteiger charge is 2.12. The highest BCUT2D eigenvalue weighted by Crippen LogP contribution is 2.18. The summed E-state index contributed by atoms with van der Waals surface area (Å²) in [4.78, 5) is 26.1. The molecule has 0 spiro atoms. The minimum absolute atomic E-state index is 0.0663. The normalized spacial score (nSPS) is 10.4. The van der Waals surface area contributed by atoms with Crippen molar-refractivity contribution >= 4 is 22.8 Å². The maximum atomic E-state index is 11.5. The standard InChI is InChI=1S/C11H9NO5/c13-10(14)6-16-12-11(15)9-5-7-3-1-2-4-8(7)17-9/h1-5H,6H2,(H,12,15)(H,13,14). The van der Waals surface area contributed by atoms with E-state index in [2.05, 4.69) is 4.84 Å². The minimum Gasteiger partial charge on any atom is -0.479 e. The van der Waals surface area contributed by atoms with Gasteiger partial charge in [-0.15, -0.1) is 0 Å². The highest BCUT2D eigenvalue weighted by atomic mass is 16.7. The van der Waals surface area contributed by atoms with Crippen LogP contribution in [-0.4, -0.2) is 23.6 Å². The number of para-hydroxylation sites is 1. The Kier molecular flexibility index (Phi) is 3.06. The average molecular weight is 235 g/mol. The Balaban J connectivity index is 2.06. The van der Waals surface area contributed by atoms with E-state index >= 15 is 0 Å². The summed E-state index contributed by atoms with van der Waals surface area (Å²) >= 11 is 0. The summed E-state index contributed by atoms with van der Waals surface area (Å²) in [7, 11) is 0. The highest BCUT2D eigenvalue weighted by molar-refractivity contribution is 5.95. The number of carboxylic acids is 1. The molecule has 0 aliphatic heterocycles. The van der Waals surface area contributed by atoms with Crippen LogP contribution in [0.15, 0.2) is 34.7 Å². The van der Waals surface area contributed by atoms with Crippen molar-refractivity contribution in [1.29, 1.82) is 0 Å². The molecule has 0 saturated carbocycles. The van der Waals surface area contributed by atoms with Gasteiger partial charge in [0.25, 0.3) is 0 Å². The van der Waals surface area contributed by atoms with Gasteiger partial charge in [-0.3, -0.25) is 9.63 Å². The van der Waals surface area contributed by atoms with Gasteiger partial charge in [-0.1, -0.05) is 18.2 Å². The number of furan rings is 1. The first-order chi connectivity index (χ1) is 8.16. The molecular weight excluding hydrogens is 226 g/mol. The van der Waals surface area contributed by atoms with Gasteiger partial charge < -0.3 is 9.52 Å². The molecule has 0 aliphatic carbocycles. The van der Waals surface area contributed by atoms with Gasteiger partial charge in [-0.25, -0.2) is 10.3 Å². The third-order valence-corrected chi connectivity index (χ3v) is 2.01. The smallest absolute Gasteiger partial charge is 0.332 e. The fourth-order valence-electron chi connectivity index (χ4n) is 1.31. The predicted octanol–water partition coefficient (Wildman–Crippen LogP) is 1.18. The number of carbonyl (C=O) groups is 2. The molecule has 2 rings (SSSR count). The molecule has 0 fully saturated rings. The number of carbonyl (C=O) groups excluding carboxylic acids is 1. The topological polar surface area (TPSA) is 88.8 Å². The summed E-state index contributed by atoms with van der Waals surface area (Å²) in [6.07, 6.45) is 0. The van der Waals surface area contributed by atoms with Crippen LogP contribution >= 0.6 is 0 Å². The van der Waals surface area contributed by atoms with E-state index in [1.54, 1.807) is 24.3 Å². The Hall–Kier alpha value is -2.34. The molecule has 0 aliphatic rings. The van der Waals surface area contributed by atoms with Crippen LogP contribution in [0.25, 0.3) is 11.0 Å². The average Bonchev–Trinajstić information content (AvgIpc) is 2.71. The van der Waals surface area contributed by atoms with E-state index in [0.717, 1.165) is 5.39 Å². The van der Waals surface area contributed by atoms with Crippen LogP contribution < -0.4 is 5.48 Å². The zero-order chi connectivity index (χ0) is 12.3. The van der Waals surface area contributed by atoms with Gasteiger partial charge in [0.15, 0.2) is 12.4 Å². The molecule has 0 radical (unpaired) electrons. The van der Waals surface area contributed by atoms with Crippen LogP contribution in [0.5, 0.6) is 0 Å². The Labute approximate surface area is 95.7 Å². The summed E-state index contributed by atoms with van der Waals surface area (Å²) in [5.41, 5.74) is 2.56. The van der Waals surface area contributed by atoms with Gasteiger partial charge in [0, 0.05) is 5.39 Å². The second kappa shape index (κ2) is 4.67. The van der Waals surface area contributed by atoms with E-state index in [9.17, 15) is 9.59 Å². The molecule has 0 unspecified atom stereocenters. The first-order valence-electron chi connectivity index (χ1n) is 4.79. The number of nitrogens with one attached hydrogen (secondary N) is 1. The van der Waals surface area contributed by atoms with Gasteiger partial charge in [0.2, 0.25) is 0 Å². The summed E-state index contributed by atoms with van der Waals surface area (Å²) in [5.74, 6) is -1.73. The van der Waals surface area contributed by atoms with Gasteiger partial charge in [-0.05, 0) is 12.1 Å². The van der Waals surface area contributed by atoms with Crippen molar-refractivity contribution in [3.63, 3.8) is 0 Å². The molecule has 0 saturated heterocycles. The molecule has 6 nitrogen and oxygen atoms in total. The Morgan fingerprint density at radius 2 is 2.12 bits per heavy atom. The van der Waals surface area contributed by atoms with E-state index in [1.807, 2.05) is 11.5 Å². The van der Waals surface area contributed by atoms with Crippen molar-refractivity contribution < 1.29 is 24.0 Å². The maximum absolute atomic E-state index is 11.5. The summed E-state index contributed by atoms with van der Waals surface area (Å²) < 4.78 is 5.25. The molecule has 88 valence electrons. The second-order valence-electron chi connectivity index (χ2n) is 3.26. The van der Waals surface area contributed by atoms with E-state index < -0.39 is 18.5 Å². The SMILES string of the molecule is O=C(O)CONC(=O)c1cc2ccccc2o1. The molecule has 1 aromatic heterocycles. The zero-order valence-electron chi connectivity index (χ0n) is 8.67. The largest absolute Gasteiger partial charge is 0.479 e. The molecule has 0 bridgehead atoms. The Morgan fingerprint density at radius 3 is 2.82 bits per heavy atom. The quantitative estimate of drug-likeness (QED) is 0.777. The van der Waals surface area contributed by atoms with Gasteiger partial charge >= 0.3 is 11.9 Å². The van der Waals surface area contributed by atoms with Crippen molar-refractivity contribution in [2.45, 2.75) is 0 Å². The number of fused-ring (bicyclic) bond motifs is 1. The number of carboxylic acid groups (broad SMARTS) is 1. The number of amides is 1. The molecular formula is C11H9NO5. The molecule has 2 N–H and O–H groups in total. The molecule has 6 heteroatoms. The lowest BCUT2D eigenvalue weighted by Gasteiger charge is -2.00. The van der Waals surface area contributed by atoms with E-state index in [0.29, 0.717) is 5.58 Å². The fourth-order valence-corrected chi connectivity index (χ4v) is 1.31. The molecule has 2 aromatic rings. The van der Waals surface area contributed by atoms with Gasteiger partial charge in [0.05, 0.1) is 0 Å². The van der Waals surface area contributed by atoms with Crippen LogP contribution in [0.1, 0.15) is 10.6 Å². The van der Waals surface area contributed by atoms with Crippen LogP contribution in [-0.2, 0) is 9.63 Å². The van der Waals surface area contributed by atoms with Crippen molar-refractivity contribution in [3.8, 4) is 0 Å². The molecule has 1 amide bonds. The van der Waals surface area contributed by atoms with Crippen molar-refractivity contribution in [3.05, 3.63) is 36.1 Å². The monoisotopic (exact) mass is 235 g/mol. The number of hydroxylamine groups is 1. The lowest BCUT2D eigenvalue weighted by atomic mass is 10.2. The third kappa shape index (κ3) is 2.61. The Bertz CT molecular complexity index is 527. The summed E-state index contributed by atoms with van der Waals surface area (Å²) in [5, 5.41) is 9.10. The van der Waals surface area contributed by atoms with Crippen LogP contribution in [0, 0.1) is 0 Å². The number of aliphatic carboxylic acids is 1. The van der Waals surface area contributed by atoms with E-state index in [1.165, 1.54) is 0 Å². The van der Waals surface area contributed by atoms with E-state index in [4.69, 9.17) is 9.52 Å². The number of hydrogen-bond acceptors (Lipinski definition) is 4. The van der Waals surface area contributed by atoms with Gasteiger partial charge in [0.1, 0.15) is 5.58 Å². The van der Waals surface area contributed by atoms with Crippen LogP contribution in [0.4, 0.5) is 0 Å². The summed E-state index contributed by atoms with van der Waals surface area (Å²) in [6, 6.07) is 8.68. The first kappa shape index (κ1) is 11.2. The van der Waals surface area contributed by atoms with Crippen LogP contribution in [0.3, 0.4) is 0 Å². The zero-order valence-corrected chi connectivity index (χ0v) is 8.67. The van der Waals surface area contributed by atoms with Crippen molar-refractivity contribution in [1.82, 2.24) is 5.48 Å². The van der Waals surface area contributed by atoms with Crippen LogP contribution in [0.2, 0.25) is 0 Å². The summed E-state index contributed by atoms with van der Waals surface area (Å²) in [6.45, 7) is -0.605. The van der Waals surface area contributed by atoms with Gasteiger partial charge in [-0.2, -0.15) is 0 Å². The molecule has 1 aromatic carbocycles. The molecule has 1 heterocycles. The predicted molar refractivity (Wildman–Crippen MR) is 57.3 cm³/mol. The number of rotatable bonds is 4. The first-order valence-corrected chi connectivity index (χ1v) is 4.79. The molecule has 17 heavy (non-hydrogen) atoms. The molecule has 0 atom stereocenters. The lowest BCUT2D eigenvalue weighted by molar-refractivity contribution is -0.144.